The molecular formula is C3H5HgN4+. The van der Waals surface area contributed by atoms with Crippen LogP contribution in [-0.2, 0) is 26.1 Å². The van der Waals surface area contributed by atoms with Gasteiger partial charge >= 0.3 is 63.6 Å². The molecule has 0 aliphatic heterocycles. The number of guanidine groups is 1. The molecule has 0 bridgehead atoms. The Morgan fingerprint density at radius 3 is 2.50 bits per heavy atom. The Morgan fingerprint density at radius 1 is 2.00 bits per heavy atom. The summed E-state index contributed by atoms with van der Waals surface area (Å²) in [5.41, 5.74) is 4.98. The summed E-state index contributed by atoms with van der Waals surface area (Å²) in [6, 6.07) is 0. The first-order valence-electron chi connectivity index (χ1n) is 2.03. The van der Waals surface area contributed by atoms with E-state index in [1.54, 1.807) is 6.19 Å². The quantitative estimate of drug-likeness (QED) is 0.218. The van der Waals surface area contributed by atoms with Crippen LogP contribution < -0.4 is 5.73 Å². The average molecular weight is 298 g/mol. The zero-order valence-corrected chi connectivity index (χ0v) is 9.88. The number of nitriles is 1. The number of hydrogen-bond acceptors (Lipinski definition) is 2. The molecule has 0 aromatic carbocycles. The zero-order valence-electron chi connectivity index (χ0n) is 4.39. The third-order valence-corrected chi connectivity index (χ3v) is 2.37. The van der Waals surface area contributed by atoms with Crippen LogP contribution in [0.15, 0.2) is 0 Å². The van der Waals surface area contributed by atoms with E-state index < -0.39 is 0 Å². The number of nitrogens with one attached hydrogen (secondary N) is 1. The maximum atomic E-state index is 8.18. The van der Waals surface area contributed by atoms with Gasteiger partial charge in [0.25, 0.3) is 0 Å². The van der Waals surface area contributed by atoms with Crippen molar-refractivity contribution in [1.82, 2.24) is 4.90 Å². The monoisotopic (exact) mass is 299 g/mol. The summed E-state index contributed by atoms with van der Waals surface area (Å²) in [4.78, 5) is 1.17. The van der Waals surface area contributed by atoms with Crippen LogP contribution in [-0.4, -0.2) is 14.9 Å². The van der Waals surface area contributed by atoms with Gasteiger partial charge in [0.05, 0.1) is 0 Å². The van der Waals surface area contributed by atoms with E-state index in [0.717, 1.165) is 0 Å². The van der Waals surface area contributed by atoms with E-state index in [1.165, 1.54) is 4.90 Å². The first-order valence-corrected chi connectivity index (χ1v) is 5.91. The van der Waals surface area contributed by atoms with Gasteiger partial charge < -0.3 is 0 Å². The molecule has 0 heterocycles. The molecule has 0 aromatic heterocycles. The van der Waals surface area contributed by atoms with Gasteiger partial charge in [-0.2, -0.15) is 0 Å². The molecular weight excluding hydrogens is 293 g/mol. The van der Waals surface area contributed by atoms with Crippen LogP contribution in [0, 0.1) is 16.9 Å². The van der Waals surface area contributed by atoms with E-state index in [4.69, 9.17) is 16.4 Å². The molecule has 3 N–H and O–H groups in total. The third-order valence-electron chi connectivity index (χ3n) is 0.635. The Morgan fingerprint density at radius 2 is 2.50 bits per heavy atom. The van der Waals surface area contributed by atoms with Crippen molar-refractivity contribution >= 4 is 5.96 Å². The molecule has 0 rings (SSSR count). The molecule has 0 saturated heterocycles. The van der Waals surface area contributed by atoms with Crippen LogP contribution in [0.2, 0.25) is 0 Å². The van der Waals surface area contributed by atoms with E-state index in [-0.39, 0.29) is 5.96 Å². The molecule has 0 saturated carbocycles. The molecule has 0 aromatic rings. The van der Waals surface area contributed by atoms with Crippen LogP contribution >= 0.6 is 0 Å². The van der Waals surface area contributed by atoms with Crippen LogP contribution in [0.4, 0.5) is 0 Å². The predicted molar refractivity (Wildman–Crippen MR) is 24.2 cm³/mol. The van der Waals surface area contributed by atoms with Crippen LogP contribution in [0.3, 0.4) is 0 Å². The van der Waals surface area contributed by atoms with Crippen molar-refractivity contribution in [2.24, 2.45) is 5.73 Å². The van der Waals surface area contributed by atoms with E-state index in [9.17, 15) is 0 Å². The molecule has 5 heteroatoms. The minimum absolute atomic E-state index is 0.150. The van der Waals surface area contributed by atoms with Gasteiger partial charge in [0.2, 0.25) is 0 Å². The van der Waals surface area contributed by atoms with Crippen molar-refractivity contribution < 1.29 is 26.1 Å². The van der Waals surface area contributed by atoms with E-state index >= 15 is 0 Å². The van der Waals surface area contributed by atoms with Crippen LogP contribution in [0.25, 0.3) is 0 Å². The molecule has 8 heavy (non-hydrogen) atoms. The molecule has 38 valence electrons. The summed E-state index contributed by atoms with van der Waals surface area (Å²) < 4.78 is 0.659. The molecule has 0 radical (unpaired) electrons. The van der Waals surface area contributed by atoms with Crippen molar-refractivity contribution in [3.8, 4) is 6.19 Å². The van der Waals surface area contributed by atoms with E-state index in [2.05, 4.69) is 0 Å². The molecule has 0 aliphatic rings. The van der Waals surface area contributed by atoms with Crippen molar-refractivity contribution in [1.29, 1.82) is 10.7 Å². The number of nitrogens with two attached hydrogens (primary N) is 1. The van der Waals surface area contributed by atoms with E-state index in [0.29, 0.717) is 30.2 Å². The van der Waals surface area contributed by atoms with Gasteiger partial charge in [-0.1, -0.05) is 0 Å². The van der Waals surface area contributed by atoms with Crippen molar-refractivity contribution in [2.45, 2.75) is 0 Å². The molecule has 0 unspecified atom stereocenters. The normalized spacial score (nSPS) is 7.62. The van der Waals surface area contributed by atoms with Crippen LogP contribution in [0.1, 0.15) is 0 Å². The van der Waals surface area contributed by atoms with Crippen molar-refractivity contribution in [3.05, 3.63) is 0 Å². The zero-order chi connectivity index (χ0) is 6.57. The van der Waals surface area contributed by atoms with Gasteiger partial charge in [-0.05, 0) is 0 Å². The Balaban J connectivity index is 3.76. The fourth-order valence-electron chi connectivity index (χ4n) is 0.224. The standard InChI is InChI=1S/C3H5N4.Hg/c1-7(2-4)3(5)6;/h1H2,(H3,5,6);/q;+1. The second kappa shape index (κ2) is 3.67. The van der Waals surface area contributed by atoms with Gasteiger partial charge in [-0.25, -0.2) is 0 Å². The number of hydrogen-bond donors (Lipinski definition) is 2. The predicted octanol–water partition coefficient (Wildman–Crippen LogP) is -0.833. The average Bonchev–Trinajstić information content (AvgIpc) is 1.69. The molecule has 4 nitrogen and oxygen atoms in total. The van der Waals surface area contributed by atoms with Gasteiger partial charge in [-0.15, -0.1) is 0 Å². The number of nitrogens with zero attached hydrogens (tertiary/aromatic N) is 2. The summed E-state index contributed by atoms with van der Waals surface area (Å²) in [5.74, 6) is -0.150. The summed E-state index contributed by atoms with van der Waals surface area (Å²) >= 11 is 0.505. The van der Waals surface area contributed by atoms with Gasteiger partial charge in [0.1, 0.15) is 0 Å². The molecule has 0 atom stereocenters. The topological polar surface area (TPSA) is 76.9 Å². The minimum atomic E-state index is -0.150. The fourth-order valence-corrected chi connectivity index (χ4v) is 1.55. The number of rotatable bonds is 1. The third kappa shape index (κ3) is 2.12. The van der Waals surface area contributed by atoms with Crippen molar-refractivity contribution in [2.75, 3.05) is 4.05 Å². The Labute approximate surface area is 63.7 Å². The second-order valence-corrected chi connectivity index (χ2v) is 2.88. The van der Waals surface area contributed by atoms with E-state index in [1.807, 2.05) is 0 Å². The van der Waals surface area contributed by atoms with Gasteiger partial charge in [0, 0.05) is 0 Å². The first-order chi connectivity index (χ1) is 3.72. The first kappa shape index (κ1) is 7.70. The van der Waals surface area contributed by atoms with Crippen LogP contribution in [0.5, 0.6) is 0 Å². The Kier molecular flexibility index (Phi) is 3.53. The summed E-state index contributed by atoms with van der Waals surface area (Å²) in [6.45, 7) is 0. The van der Waals surface area contributed by atoms with Gasteiger partial charge in [-0.3, -0.25) is 0 Å². The molecule has 0 fully saturated rings. The van der Waals surface area contributed by atoms with Crippen molar-refractivity contribution in [3.63, 3.8) is 0 Å². The van der Waals surface area contributed by atoms with Gasteiger partial charge in [0.15, 0.2) is 0 Å². The maximum absolute atomic E-state index is 8.18. The fraction of sp³-hybridized carbons (Fsp3) is 0.333. The molecule has 0 amide bonds. The Bertz CT molecular complexity index is 126. The summed E-state index contributed by atoms with van der Waals surface area (Å²) in [7, 11) is 0. The SMILES string of the molecule is N#CN([CH2][Hg+])C(=N)N. The molecule has 0 spiro atoms. The summed E-state index contributed by atoms with van der Waals surface area (Å²) in [6.07, 6.45) is 1.78. The molecule has 0 aliphatic carbocycles. The second-order valence-electron chi connectivity index (χ2n) is 1.14. The summed E-state index contributed by atoms with van der Waals surface area (Å²) in [5, 5.41) is 14.9. The Hall–Kier alpha value is -0.305.